The number of imidazole rings is 1. The van der Waals surface area contributed by atoms with E-state index in [4.69, 9.17) is 17.3 Å². The molecule has 0 saturated carbocycles. The van der Waals surface area contributed by atoms with Crippen LogP contribution in [0.15, 0.2) is 24.4 Å². The normalized spacial score (nSPS) is 11.3. The second-order valence-corrected chi connectivity index (χ2v) is 4.95. The molecule has 5 nitrogen and oxygen atoms in total. The van der Waals surface area contributed by atoms with Crippen LogP contribution in [0.25, 0.3) is 11.0 Å². The zero-order valence-corrected chi connectivity index (χ0v) is 11.5. The number of fused-ring (bicyclic) bond motifs is 1. The third-order valence-electron chi connectivity index (χ3n) is 3.42. The highest BCUT2D eigenvalue weighted by atomic mass is 35.5. The maximum absolute atomic E-state index is 6.13. The number of hydrogen-bond acceptors (Lipinski definition) is 3. The summed E-state index contributed by atoms with van der Waals surface area (Å²) in [7, 11) is 1.92. The average molecular weight is 276 g/mol. The van der Waals surface area contributed by atoms with Crippen molar-refractivity contribution in [2.24, 2.45) is 7.05 Å². The summed E-state index contributed by atoms with van der Waals surface area (Å²) in [5, 5.41) is 4.86. The van der Waals surface area contributed by atoms with Crippen molar-refractivity contribution >= 4 is 28.6 Å². The fraction of sp³-hybridized carbons (Fsp3) is 0.231. The second kappa shape index (κ2) is 4.28. The van der Waals surface area contributed by atoms with E-state index in [2.05, 4.69) is 10.1 Å². The zero-order chi connectivity index (χ0) is 13.6. The number of aryl methyl sites for hydroxylation is 1. The summed E-state index contributed by atoms with van der Waals surface area (Å²) < 4.78 is 3.79. The van der Waals surface area contributed by atoms with Crippen LogP contribution < -0.4 is 5.73 Å². The predicted octanol–water partition coefficient (Wildman–Crippen LogP) is 2.36. The van der Waals surface area contributed by atoms with E-state index in [0.29, 0.717) is 17.5 Å². The fourth-order valence-corrected chi connectivity index (χ4v) is 2.38. The molecule has 0 spiro atoms. The quantitative estimate of drug-likeness (QED) is 0.781. The van der Waals surface area contributed by atoms with Crippen LogP contribution in [-0.4, -0.2) is 19.3 Å². The van der Waals surface area contributed by atoms with Crippen LogP contribution in [0.5, 0.6) is 0 Å². The van der Waals surface area contributed by atoms with Gasteiger partial charge >= 0.3 is 0 Å². The molecule has 0 radical (unpaired) electrons. The molecule has 98 valence electrons. The maximum atomic E-state index is 6.13. The molecule has 0 aliphatic carbocycles. The molecule has 0 aliphatic rings. The lowest BCUT2D eigenvalue weighted by atomic mass is 10.2. The first-order valence-corrected chi connectivity index (χ1v) is 6.33. The summed E-state index contributed by atoms with van der Waals surface area (Å²) in [6.45, 7) is 2.67. The molecule has 0 saturated heterocycles. The predicted molar refractivity (Wildman–Crippen MR) is 76.2 cm³/mol. The Bertz CT molecular complexity index is 756. The Hall–Kier alpha value is -2.01. The van der Waals surface area contributed by atoms with E-state index in [1.807, 2.05) is 47.6 Å². The summed E-state index contributed by atoms with van der Waals surface area (Å²) in [6, 6.07) is 5.69. The average Bonchev–Trinajstić information content (AvgIpc) is 2.86. The van der Waals surface area contributed by atoms with Crippen molar-refractivity contribution in [2.45, 2.75) is 13.5 Å². The smallest absolute Gasteiger partial charge is 0.201 e. The number of nitrogens with zero attached hydrogens (tertiary/aromatic N) is 4. The first kappa shape index (κ1) is 12.0. The van der Waals surface area contributed by atoms with Gasteiger partial charge in [-0.2, -0.15) is 5.10 Å². The highest BCUT2D eigenvalue weighted by molar-refractivity contribution is 6.35. The van der Waals surface area contributed by atoms with Crippen molar-refractivity contribution in [3.8, 4) is 0 Å². The summed E-state index contributed by atoms with van der Waals surface area (Å²) in [6.07, 6.45) is 1.85. The Balaban J connectivity index is 2.13. The van der Waals surface area contributed by atoms with Crippen molar-refractivity contribution in [3.05, 3.63) is 40.7 Å². The summed E-state index contributed by atoms with van der Waals surface area (Å²) in [4.78, 5) is 4.33. The van der Waals surface area contributed by atoms with E-state index in [-0.39, 0.29) is 0 Å². The minimum atomic E-state index is 0.464. The molecule has 0 bridgehead atoms. The first-order chi connectivity index (χ1) is 9.08. The van der Waals surface area contributed by atoms with Crippen LogP contribution in [0, 0.1) is 6.92 Å². The maximum Gasteiger partial charge on any atom is 0.201 e. The molecule has 3 aromatic rings. The number of anilines is 1. The molecule has 2 aromatic heterocycles. The fourth-order valence-electron chi connectivity index (χ4n) is 2.17. The first-order valence-electron chi connectivity index (χ1n) is 5.95. The molecule has 0 unspecified atom stereocenters. The number of aromatic nitrogens is 4. The Kier molecular flexibility index (Phi) is 2.71. The molecule has 2 heterocycles. The van der Waals surface area contributed by atoms with Gasteiger partial charge in [-0.15, -0.1) is 0 Å². The van der Waals surface area contributed by atoms with Crippen molar-refractivity contribution < 1.29 is 0 Å². The van der Waals surface area contributed by atoms with Crippen molar-refractivity contribution in [1.29, 1.82) is 0 Å². The van der Waals surface area contributed by atoms with Crippen LogP contribution in [-0.2, 0) is 13.6 Å². The van der Waals surface area contributed by atoms with Crippen molar-refractivity contribution in [3.63, 3.8) is 0 Å². The molecule has 6 heteroatoms. The van der Waals surface area contributed by atoms with Crippen LogP contribution in [0.3, 0.4) is 0 Å². The second-order valence-electron chi connectivity index (χ2n) is 4.54. The van der Waals surface area contributed by atoms with Crippen molar-refractivity contribution in [2.75, 3.05) is 5.73 Å². The Morgan fingerprint density at radius 3 is 2.84 bits per heavy atom. The van der Waals surface area contributed by atoms with Gasteiger partial charge in [0, 0.05) is 18.3 Å². The number of benzene rings is 1. The number of hydrogen-bond donors (Lipinski definition) is 1. The highest BCUT2D eigenvalue weighted by Gasteiger charge is 2.13. The van der Waals surface area contributed by atoms with E-state index >= 15 is 0 Å². The van der Waals surface area contributed by atoms with Crippen LogP contribution in [0.4, 0.5) is 5.95 Å². The standard InChI is InChI=1S/C13H14ClN5/c1-8-9(6-16-18(8)2)7-19-11-5-3-4-10(14)12(11)17-13(19)15/h3-6H,7H2,1-2H3,(H2,15,17). The van der Waals surface area contributed by atoms with Crippen LogP contribution >= 0.6 is 11.6 Å². The zero-order valence-electron chi connectivity index (χ0n) is 10.8. The SMILES string of the molecule is Cc1c(Cn2c(N)nc3c(Cl)cccc32)cnn1C. The van der Waals surface area contributed by atoms with E-state index < -0.39 is 0 Å². The molecular formula is C13H14ClN5. The summed E-state index contributed by atoms with van der Waals surface area (Å²) >= 11 is 6.13. The molecule has 1 aromatic carbocycles. The summed E-state index contributed by atoms with van der Waals surface area (Å²) in [5.74, 6) is 0.464. The lowest BCUT2D eigenvalue weighted by Crippen LogP contribution is -2.05. The number of para-hydroxylation sites is 1. The molecular weight excluding hydrogens is 262 g/mol. The number of nitrogens with two attached hydrogens (primary N) is 1. The van der Waals surface area contributed by atoms with Gasteiger partial charge in [-0.3, -0.25) is 4.68 Å². The van der Waals surface area contributed by atoms with Gasteiger partial charge in [0.25, 0.3) is 0 Å². The van der Waals surface area contributed by atoms with Gasteiger partial charge < -0.3 is 10.3 Å². The van der Waals surface area contributed by atoms with Crippen molar-refractivity contribution in [1.82, 2.24) is 19.3 Å². The van der Waals surface area contributed by atoms with Gasteiger partial charge in [0.15, 0.2) is 0 Å². The lowest BCUT2D eigenvalue weighted by molar-refractivity contribution is 0.734. The van der Waals surface area contributed by atoms with E-state index in [0.717, 1.165) is 22.3 Å². The Morgan fingerprint density at radius 1 is 1.37 bits per heavy atom. The number of nitrogen functional groups attached to an aromatic ring is 1. The molecule has 0 aliphatic heterocycles. The lowest BCUT2D eigenvalue weighted by Gasteiger charge is -2.06. The van der Waals surface area contributed by atoms with E-state index in [1.165, 1.54) is 0 Å². The van der Waals surface area contributed by atoms with E-state index in [9.17, 15) is 0 Å². The van der Waals surface area contributed by atoms with Crippen LogP contribution in [0.1, 0.15) is 11.3 Å². The number of halogens is 1. The Morgan fingerprint density at radius 2 is 2.16 bits per heavy atom. The topological polar surface area (TPSA) is 61.7 Å². The highest BCUT2D eigenvalue weighted by Crippen LogP contribution is 2.26. The monoisotopic (exact) mass is 275 g/mol. The minimum absolute atomic E-state index is 0.464. The van der Waals surface area contributed by atoms with Crippen LogP contribution in [0.2, 0.25) is 5.02 Å². The third-order valence-corrected chi connectivity index (χ3v) is 3.73. The van der Waals surface area contributed by atoms with Gasteiger partial charge in [0.05, 0.1) is 23.3 Å². The van der Waals surface area contributed by atoms with Gasteiger partial charge in [-0.1, -0.05) is 17.7 Å². The van der Waals surface area contributed by atoms with Gasteiger partial charge in [-0.25, -0.2) is 4.98 Å². The Labute approximate surface area is 115 Å². The number of rotatable bonds is 2. The molecule has 2 N–H and O–H groups in total. The molecule has 0 amide bonds. The largest absolute Gasteiger partial charge is 0.369 e. The molecule has 19 heavy (non-hydrogen) atoms. The van der Waals surface area contributed by atoms with Gasteiger partial charge in [0.1, 0.15) is 5.52 Å². The third kappa shape index (κ3) is 1.86. The van der Waals surface area contributed by atoms with E-state index in [1.54, 1.807) is 0 Å². The van der Waals surface area contributed by atoms with Gasteiger partial charge in [0.2, 0.25) is 5.95 Å². The molecule has 0 atom stereocenters. The molecule has 0 fully saturated rings. The minimum Gasteiger partial charge on any atom is -0.369 e. The summed E-state index contributed by atoms with van der Waals surface area (Å²) in [5.41, 5.74) is 9.90. The molecule has 3 rings (SSSR count). The van der Waals surface area contributed by atoms with Gasteiger partial charge in [-0.05, 0) is 19.1 Å².